The molecule has 3 rings (SSSR count). The zero-order chi connectivity index (χ0) is 11.9. The molecule has 1 aliphatic carbocycles. The molecule has 0 bridgehead atoms. The number of imidazole rings is 1. The highest BCUT2D eigenvalue weighted by Crippen LogP contribution is 2.39. The van der Waals surface area contributed by atoms with Crippen molar-refractivity contribution in [3.8, 4) is 0 Å². The molecular formula is C14H18N2S. The van der Waals surface area contributed by atoms with Gasteiger partial charge < -0.3 is 9.55 Å². The van der Waals surface area contributed by atoms with Crippen LogP contribution in [0.3, 0.4) is 0 Å². The van der Waals surface area contributed by atoms with E-state index in [1.165, 1.54) is 31.2 Å². The number of nitrogens with one attached hydrogen (secondary N) is 1. The van der Waals surface area contributed by atoms with Crippen LogP contribution in [0.15, 0.2) is 24.3 Å². The monoisotopic (exact) mass is 246 g/mol. The molecule has 2 aromatic rings. The minimum atomic E-state index is 0.434. The van der Waals surface area contributed by atoms with E-state index in [9.17, 15) is 0 Å². The first-order valence-corrected chi connectivity index (χ1v) is 6.76. The number of H-pyrrole nitrogens is 1. The molecule has 90 valence electrons. The van der Waals surface area contributed by atoms with E-state index in [4.69, 9.17) is 12.2 Å². The minimum absolute atomic E-state index is 0.434. The van der Waals surface area contributed by atoms with Gasteiger partial charge in [-0.25, -0.2) is 0 Å². The van der Waals surface area contributed by atoms with E-state index >= 15 is 0 Å². The maximum atomic E-state index is 5.44. The average Bonchev–Trinajstić information content (AvgIpc) is 2.86. The summed E-state index contributed by atoms with van der Waals surface area (Å²) in [6.45, 7) is 3.44. The van der Waals surface area contributed by atoms with Crippen molar-refractivity contribution in [1.82, 2.24) is 9.55 Å². The van der Waals surface area contributed by atoms with Crippen molar-refractivity contribution in [3.63, 3.8) is 0 Å². The van der Waals surface area contributed by atoms with E-state index in [1.54, 1.807) is 0 Å². The third-order valence-corrected chi connectivity index (χ3v) is 4.35. The predicted octanol–water partition coefficient (Wildman–Crippen LogP) is 4.28. The minimum Gasteiger partial charge on any atom is -0.331 e. The molecule has 1 aromatic heterocycles. The Hall–Kier alpha value is -1.09. The molecule has 0 aliphatic heterocycles. The van der Waals surface area contributed by atoms with Crippen molar-refractivity contribution >= 4 is 23.3 Å². The fraction of sp³-hybridized carbons (Fsp3) is 0.500. The number of hydrogen-bond donors (Lipinski definition) is 1. The van der Waals surface area contributed by atoms with E-state index in [2.05, 4.69) is 40.7 Å². The van der Waals surface area contributed by atoms with Gasteiger partial charge in [0.1, 0.15) is 0 Å². The number of para-hydroxylation sites is 2. The highest BCUT2D eigenvalue weighted by Gasteiger charge is 2.29. The van der Waals surface area contributed by atoms with Gasteiger partial charge in [-0.05, 0) is 42.6 Å². The lowest BCUT2D eigenvalue weighted by Gasteiger charge is -2.24. The number of benzene rings is 1. The second-order valence-corrected chi connectivity index (χ2v) is 5.94. The van der Waals surface area contributed by atoms with Crippen LogP contribution >= 0.6 is 12.2 Å². The first-order chi connectivity index (χ1) is 8.18. The quantitative estimate of drug-likeness (QED) is 0.784. The van der Waals surface area contributed by atoms with Crippen molar-refractivity contribution in [2.45, 2.75) is 39.2 Å². The average molecular weight is 246 g/mol. The Labute approximate surface area is 107 Å². The van der Waals surface area contributed by atoms with Crippen LogP contribution in [0.25, 0.3) is 11.0 Å². The van der Waals surface area contributed by atoms with Crippen molar-refractivity contribution < 1.29 is 0 Å². The van der Waals surface area contributed by atoms with E-state index in [0.717, 1.165) is 16.8 Å². The van der Waals surface area contributed by atoms with Crippen LogP contribution in [-0.2, 0) is 6.54 Å². The molecule has 1 aliphatic rings. The summed E-state index contributed by atoms with van der Waals surface area (Å²) in [5.41, 5.74) is 2.83. The number of aromatic nitrogens is 2. The summed E-state index contributed by atoms with van der Waals surface area (Å²) in [5, 5.41) is 0. The molecule has 17 heavy (non-hydrogen) atoms. The van der Waals surface area contributed by atoms with Crippen molar-refractivity contribution in [2.75, 3.05) is 0 Å². The molecule has 1 saturated carbocycles. The first-order valence-electron chi connectivity index (χ1n) is 6.36. The molecule has 0 unspecified atom stereocenters. The maximum absolute atomic E-state index is 5.44. The standard InChI is InChI=1S/C14H18N2S/c1-14(8-4-5-9-14)10-16-12-7-3-2-6-11(12)15-13(16)17/h2-3,6-7H,4-5,8-10H2,1H3,(H,15,17). The van der Waals surface area contributed by atoms with Crippen LogP contribution in [0, 0.1) is 10.2 Å². The third kappa shape index (κ3) is 1.93. The van der Waals surface area contributed by atoms with Crippen LogP contribution < -0.4 is 0 Å². The number of aromatic amines is 1. The lowest BCUT2D eigenvalue weighted by atomic mass is 9.89. The van der Waals surface area contributed by atoms with Crippen LogP contribution in [0.2, 0.25) is 0 Å². The second-order valence-electron chi connectivity index (χ2n) is 5.55. The van der Waals surface area contributed by atoms with Crippen LogP contribution in [0.4, 0.5) is 0 Å². The zero-order valence-electron chi connectivity index (χ0n) is 10.2. The molecular weight excluding hydrogens is 228 g/mol. The van der Waals surface area contributed by atoms with Gasteiger partial charge in [0.15, 0.2) is 4.77 Å². The molecule has 3 heteroatoms. The molecule has 0 radical (unpaired) electrons. The Bertz CT molecular complexity index is 588. The molecule has 1 N–H and O–H groups in total. The Morgan fingerprint density at radius 3 is 2.76 bits per heavy atom. The summed E-state index contributed by atoms with van der Waals surface area (Å²) in [6.07, 6.45) is 5.39. The van der Waals surface area contributed by atoms with Gasteiger partial charge in [0.05, 0.1) is 11.0 Å². The Morgan fingerprint density at radius 2 is 2.00 bits per heavy atom. The molecule has 0 spiro atoms. The second kappa shape index (κ2) is 3.98. The lowest BCUT2D eigenvalue weighted by molar-refractivity contribution is 0.284. The Kier molecular flexibility index (Phi) is 2.58. The number of hydrogen-bond acceptors (Lipinski definition) is 1. The van der Waals surface area contributed by atoms with Gasteiger partial charge in [0.2, 0.25) is 0 Å². The van der Waals surface area contributed by atoms with Gasteiger partial charge in [-0.1, -0.05) is 31.9 Å². The molecule has 0 atom stereocenters. The highest BCUT2D eigenvalue weighted by molar-refractivity contribution is 7.71. The molecule has 0 saturated heterocycles. The van der Waals surface area contributed by atoms with E-state index in [1.807, 2.05) is 0 Å². The van der Waals surface area contributed by atoms with Crippen LogP contribution in [0.1, 0.15) is 32.6 Å². The van der Waals surface area contributed by atoms with Crippen molar-refractivity contribution in [1.29, 1.82) is 0 Å². The van der Waals surface area contributed by atoms with Crippen molar-refractivity contribution in [2.24, 2.45) is 5.41 Å². The normalized spacial score (nSPS) is 18.9. The van der Waals surface area contributed by atoms with Gasteiger partial charge in [-0.2, -0.15) is 0 Å². The summed E-state index contributed by atoms with van der Waals surface area (Å²) < 4.78 is 3.13. The Morgan fingerprint density at radius 1 is 1.29 bits per heavy atom. The first kappa shape index (κ1) is 11.0. The SMILES string of the molecule is CC1(Cn2c(=S)[nH]c3ccccc32)CCCC1. The number of fused-ring (bicyclic) bond motifs is 1. The molecule has 1 fully saturated rings. The number of rotatable bonds is 2. The molecule has 0 amide bonds. The summed E-state index contributed by atoms with van der Waals surface area (Å²) in [7, 11) is 0. The van der Waals surface area contributed by atoms with Gasteiger partial charge in [0, 0.05) is 6.54 Å². The summed E-state index contributed by atoms with van der Waals surface area (Å²) in [4.78, 5) is 3.30. The smallest absolute Gasteiger partial charge is 0.178 e. The number of nitrogens with zero attached hydrogens (tertiary/aromatic N) is 1. The maximum Gasteiger partial charge on any atom is 0.178 e. The fourth-order valence-corrected chi connectivity index (χ4v) is 3.31. The van der Waals surface area contributed by atoms with Gasteiger partial charge in [0.25, 0.3) is 0 Å². The largest absolute Gasteiger partial charge is 0.331 e. The molecule has 1 aromatic carbocycles. The summed E-state index contributed by atoms with van der Waals surface area (Å²) in [5.74, 6) is 0. The van der Waals surface area contributed by atoms with Crippen molar-refractivity contribution in [3.05, 3.63) is 29.0 Å². The fourth-order valence-electron chi connectivity index (χ4n) is 3.03. The zero-order valence-corrected chi connectivity index (χ0v) is 11.0. The topological polar surface area (TPSA) is 20.7 Å². The van der Waals surface area contributed by atoms with Gasteiger partial charge >= 0.3 is 0 Å². The predicted molar refractivity (Wildman–Crippen MR) is 73.7 cm³/mol. The summed E-state index contributed by atoms with van der Waals surface area (Å²) in [6, 6.07) is 8.38. The van der Waals surface area contributed by atoms with Gasteiger partial charge in [-0.15, -0.1) is 0 Å². The van der Waals surface area contributed by atoms with E-state index in [-0.39, 0.29) is 0 Å². The van der Waals surface area contributed by atoms with Crippen LogP contribution in [0.5, 0.6) is 0 Å². The summed E-state index contributed by atoms with van der Waals surface area (Å²) >= 11 is 5.44. The molecule has 2 nitrogen and oxygen atoms in total. The highest BCUT2D eigenvalue weighted by atomic mass is 32.1. The van der Waals surface area contributed by atoms with Gasteiger partial charge in [-0.3, -0.25) is 0 Å². The van der Waals surface area contributed by atoms with E-state index < -0.39 is 0 Å². The van der Waals surface area contributed by atoms with Crippen LogP contribution in [-0.4, -0.2) is 9.55 Å². The molecule has 1 heterocycles. The Balaban J connectivity index is 2.05. The van der Waals surface area contributed by atoms with E-state index in [0.29, 0.717) is 5.41 Å². The third-order valence-electron chi connectivity index (χ3n) is 4.03. The lowest BCUT2D eigenvalue weighted by Crippen LogP contribution is -2.19.